The van der Waals surface area contributed by atoms with Crippen LogP contribution in [-0.2, 0) is 9.53 Å². The first-order valence-corrected chi connectivity index (χ1v) is 8.01. The molecule has 0 amide bonds. The Morgan fingerprint density at radius 2 is 2.19 bits per heavy atom. The van der Waals surface area contributed by atoms with E-state index in [1.807, 2.05) is 12.1 Å². The molecule has 0 aliphatic heterocycles. The second kappa shape index (κ2) is 6.54. The van der Waals surface area contributed by atoms with Gasteiger partial charge in [-0.15, -0.1) is 11.8 Å². The third kappa shape index (κ3) is 4.02. The van der Waals surface area contributed by atoms with E-state index >= 15 is 0 Å². The summed E-state index contributed by atoms with van der Waals surface area (Å²) in [6.07, 6.45) is 0.561. The average molecular weight is 306 g/mol. The summed E-state index contributed by atoms with van der Waals surface area (Å²) in [5, 5.41) is 2.48. The van der Waals surface area contributed by atoms with Gasteiger partial charge in [-0.2, -0.15) is 0 Å². The van der Waals surface area contributed by atoms with E-state index in [0.29, 0.717) is 13.0 Å². The summed E-state index contributed by atoms with van der Waals surface area (Å²) in [6, 6.07) is 10.3. The predicted octanol–water partition coefficient (Wildman–Crippen LogP) is 3.32. The number of aromatic nitrogens is 1. The molecule has 4 nitrogen and oxygen atoms in total. The number of nitrogens with two attached hydrogens (primary N) is 1. The second-order valence-corrected chi connectivity index (χ2v) is 6.97. The lowest BCUT2D eigenvalue weighted by Crippen LogP contribution is -2.47. The highest BCUT2D eigenvalue weighted by atomic mass is 32.2. The number of benzene rings is 1. The number of thioether (sulfide) groups is 1. The maximum atomic E-state index is 11.8. The van der Waals surface area contributed by atoms with Crippen LogP contribution < -0.4 is 5.73 Å². The third-order valence-corrected chi connectivity index (χ3v) is 4.33. The van der Waals surface area contributed by atoms with Gasteiger partial charge in [0, 0.05) is 16.2 Å². The molecule has 5 heteroatoms. The highest BCUT2D eigenvalue weighted by molar-refractivity contribution is 7.99. The van der Waals surface area contributed by atoms with Gasteiger partial charge in [0.25, 0.3) is 0 Å². The predicted molar refractivity (Wildman–Crippen MR) is 87.5 cm³/mol. The summed E-state index contributed by atoms with van der Waals surface area (Å²) in [6.45, 7) is 5.94. The van der Waals surface area contributed by atoms with Crippen LogP contribution in [0.4, 0.5) is 0 Å². The molecule has 2 aromatic rings. The van der Waals surface area contributed by atoms with Crippen LogP contribution in [0.5, 0.6) is 0 Å². The van der Waals surface area contributed by atoms with Crippen LogP contribution in [-0.4, -0.2) is 28.3 Å². The lowest BCUT2D eigenvalue weighted by molar-refractivity contribution is -0.149. The number of carbonyl (C=O) groups is 1. The van der Waals surface area contributed by atoms with Crippen LogP contribution in [0.15, 0.2) is 35.4 Å². The SMILES string of the molecule is CCOC(=O)C(C)(N)CC(C)Sc1cc2ccccc2[nH]1. The van der Waals surface area contributed by atoms with Crippen LogP contribution in [0.2, 0.25) is 0 Å². The Bertz CT molecular complexity index is 589. The van der Waals surface area contributed by atoms with Crippen molar-refractivity contribution in [2.45, 2.75) is 43.0 Å². The Kier molecular flexibility index (Phi) is 4.96. The number of esters is 1. The van der Waals surface area contributed by atoms with Crippen molar-refractivity contribution >= 4 is 28.6 Å². The van der Waals surface area contributed by atoms with Crippen LogP contribution in [0.3, 0.4) is 0 Å². The summed E-state index contributed by atoms with van der Waals surface area (Å²) in [7, 11) is 0. The third-order valence-electron chi connectivity index (χ3n) is 3.29. The number of ether oxygens (including phenoxy) is 1. The largest absolute Gasteiger partial charge is 0.465 e. The quantitative estimate of drug-likeness (QED) is 0.634. The van der Waals surface area contributed by atoms with Crippen molar-refractivity contribution in [2.75, 3.05) is 6.61 Å². The highest BCUT2D eigenvalue weighted by Gasteiger charge is 2.32. The van der Waals surface area contributed by atoms with Gasteiger partial charge in [-0.05, 0) is 32.4 Å². The molecule has 0 aliphatic carbocycles. The monoisotopic (exact) mass is 306 g/mol. The summed E-state index contributed by atoms with van der Waals surface area (Å²) >= 11 is 1.69. The van der Waals surface area contributed by atoms with Gasteiger partial charge in [-0.3, -0.25) is 4.79 Å². The molecule has 2 atom stereocenters. The molecule has 2 rings (SSSR count). The Hall–Kier alpha value is -1.46. The maximum Gasteiger partial charge on any atom is 0.325 e. The molecule has 0 fully saturated rings. The molecule has 2 unspecified atom stereocenters. The fourth-order valence-corrected chi connectivity index (χ4v) is 3.57. The minimum Gasteiger partial charge on any atom is -0.465 e. The Balaban J connectivity index is 2.00. The molecule has 1 aromatic heterocycles. The molecule has 0 radical (unpaired) electrons. The van der Waals surface area contributed by atoms with Crippen molar-refractivity contribution in [1.82, 2.24) is 4.98 Å². The van der Waals surface area contributed by atoms with E-state index in [4.69, 9.17) is 10.5 Å². The van der Waals surface area contributed by atoms with Crippen LogP contribution in [0.25, 0.3) is 10.9 Å². The smallest absolute Gasteiger partial charge is 0.325 e. The standard InChI is InChI=1S/C16H22N2O2S/c1-4-20-15(19)16(3,17)10-11(2)21-14-9-12-7-5-6-8-13(12)18-14/h5-9,11,18H,4,10,17H2,1-3H3. The topological polar surface area (TPSA) is 68.1 Å². The summed E-state index contributed by atoms with van der Waals surface area (Å²) in [5.41, 5.74) is 6.25. The van der Waals surface area contributed by atoms with Gasteiger partial charge in [-0.25, -0.2) is 0 Å². The number of rotatable bonds is 6. The molecule has 0 bridgehead atoms. The zero-order valence-corrected chi connectivity index (χ0v) is 13.5. The van der Waals surface area contributed by atoms with Gasteiger partial charge in [0.1, 0.15) is 5.54 Å². The zero-order chi connectivity index (χ0) is 15.5. The number of hydrogen-bond donors (Lipinski definition) is 2. The molecule has 1 heterocycles. The van der Waals surface area contributed by atoms with Crippen molar-refractivity contribution < 1.29 is 9.53 Å². The van der Waals surface area contributed by atoms with Crippen molar-refractivity contribution in [3.05, 3.63) is 30.3 Å². The molecular formula is C16H22N2O2S. The number of hydrogen-bond acceptors (Lipinski definition) is 4. The van der Waals surface area contributed by atoms with Crippen molar-refractivity contribution in [2.24, 2.45) is 5.73 Å². The van der Waals surface area contributed by atoms with Gasteiger partial charge < -0.3 is 15.5 Å². The Labute approximate surface area is 129 Å². The van der Waals surface area contributed by atoms with Crippen LogP contribution in [0, 0.1) is 0 Å². The molecule has 21 heavy (non-hydrogen) atoms. The average Bonchev–Trinajstić information content (AvgIpc) is 2.80. The molecule has 0 spiro atoms. The van der Waals surface area contributed by atoms with Gasteiger partial charge in [-0.1, -0.05) is 25.1 Å². The number of H-pyrrole nitrogens is 1. The fourth-order valence-electron chi connectivity index (χ4n) is 2.35. The summed E-state index contributed by atoms with van der Waals surface area (Å²) in [5.74, 6) is -0.339. The minimum atomic E-state index is -0.950. The number of carbonyl (C=O) groups excluding carboxylic acids is 1. The Morgan fingerprint density at radius 3 is 2.86 bits per heavy atom. The second-order valence-electron chi connectivity index (χ2n) is 5.49. The zero-order valence-electron chi connectivity index (χ0n) is 12.7. The minimum absolute atomic E-state index is 0.206. The van der Waals surface area contributed by atoms with Crippen LogP contribution >= 0.6 is 11.8 Å². The molecule has 0 saturated carbocycles. The number of para-hydroxylation sites is 1. The number of aromatic amines is 1. The van der Waals surface area contributed by atoms with Gasteiger partial charge >= 0.3 is 5.97 Å². The van der Waals surface area contributed by atoms with Gasteiger partial charge in [0.15, 0.2) is 0 Å². The number of fused-ring (bicyclic) bond motifs is 1. The van der Waals surface area contributed by atoms with E-state index in [0.717, 1.165) is 10.5 Å². The van der Waals surface area contributed by atoms with E-state index in [1.165, 1.54) is 5.39 Å². The molecule has 3 N–H and O–H groups in total. The first kappa shape index (κ1) is 15.9. The first-order chi connectivity index (χ1) is 9.92. The van der Waals surface area contributed by atoms with E-state index < -0.39 is 5.54 Å². The van der Waals surface area contributed by atoms with Crippen molar-refractivity contribution in [3.63, 3.8) is 0 Å². The fraction of sp³-hybridized carbons (Fsp3) is 0.438. The first-order valence-electron chi connectivity index (χ1n) is 7.13. The lowest BCUT2D eigenvalue weighted by atomic mass is 9.98. The van der Waals surface area contributed by atoms with E-state index in [-0.39, 0.29) is 11.2 Å². The molecule has 1 aromatic carbocycles. The van der Waals surface area contributed by atoms with E-state index in [1.54, 1.807) is 25.6 Å². The van der Waals surface area contributed by atoms with Gasteiger partial charge in [0.05, 0.1) is 11.6 Å². The van der Waals surface area contributed by atoms with Crippen LogP contribution in [0.1, 0.15) is 27.2 Å². The van der Waals surface area contributed by atoms with Crippen molar-refractivity contribution in [1.29, 1.82) is 0 Å². The normalized spacial score (nSPS) is 15.6. The van der Waals surface area contributed by atoms with E-state index in [2.05, 4.69) is 30.1 Å². The Morgan fingerprint density at radius 1 is 1.48 bits per heavy atom. The van der Waals surface area contributed by atoms with E-state index in [9.17, 15) is 4.79 Å². The van der Waals surface area contributed by atoms with Gasteiger partial charge in [0.2, 0.25) is 0 Å². The summed E-state index contributed by atoms with van der Waals surface area (Å²) < 4.78 is 5.02. The molecule has 0 saturated heterocycles. The maximum absolute atomic E-state index is 11.8. The molecular weight excluding hydrogens is 284 g/mol. The summed E-state index contributed by atoms with van der Waals surface area (Å²) in [4.78, 5) is 15.2. The number of nitrogens with one attached hydrogen (secondary N) is 1. The molecule has 114 valence electrons. The lowest BCUT2D eigenvalue weighted by Gasteiger charge is -2.25. The van der Waals surface area contributed by atoms with Crippen molar-refractivity contribution in [3.8, 4) is 0 Å². The molecule has 0 aliphatic rings. The highest BCUT2D eigenvalue weighted by Crippen LogP contribution is 2.30.